The predicted molar refractivity (Wildman–Crippen MR) is 85.6 cm³/mol. The maximum Gasteiger partial charge on any atom is 0.251 e. The summed E-state index contributed by atoms with van der Waals surface area (Å²) in [5.41, 5.74) is 7.02. The first kappa shape index (κ1) is 19.9. The number of carbonyl (C=O) groups is 1. The van der Waals surface area contributed by atoms with E-state index in [0.717, 1.165) is 5.56 Å². The summed E-state index contributed by atoms with van der Waals surface area (Å²) >= 11 is 0. The Morgan fingerprint density at radius 1 is 1.29 bits per heavy atom. The van der Waals surface area contributed by atoms with Gasteiger partial charge in [-0.15, -0.1) is 12.4 Å². The van der Waals surface area contributed by atoms with Gasteiger partial charge >= 0.3 is 0 Å². The number of aliphatic hydroxyl groups excluding tert-OH is 1. The van der Waals surface area contributed by atoms with Crippen LogP contribution in [0.1, 0.15) is 29.8 Å². The maximum atomic E-state index is 11.8. The van der Waals surface area contributed by atoms with Crippen LogP contribution < -0.4 is 11.1 Å². The second-order valence-electron chi connectivity index (χ2n) is 5.20. The summed E-state index contributed by atoms with van der Waals surface area (Å²) in [5, 5.41) is 12.4. The third kappa shape index (κ3) is 8.02. The molecule has 120 valence electrons. The van der Waals surface area contributed by atoms with Crippen molar-refractivity contribution in [2.45, 2.75) is 26.5 Å². The van der Waals surface area contributed by atoms with Crippen LogP contribution >= 0.6 is 12.4 Å². The Balaban J connectivity index is 0.00000400. The molecule has 0 fully saturated rings. The van der Waals surface area contributed by atoms with Crippen molar-refractivity contribution < 1.29 is 14.6 Å². The van der Waals surface area contributed by atoms with Gasteiger partial charge in [0.15, 0.2) is 0 Å². The van der Waals surface area contributed by atoms with Crippen LogP contribution in [-0.4, -0.2) is 36.9 Å². The molecule has 0 saturated carbocycles. The highest BCUT2D eigenvalue weighted by Crippen LogP contribution is 2.03. The fourth-order valence-corrected chi connectivity index (χ4v) is 1.60. The number of amides is 1. The zero-order valence-electron chi connectivity index (χ0n) is 12.5. The Kier molecular flexibility index (Phi) is 9.99. The predicted octanol–water partition coefficient (Wildman–Crippen LogP) is 1.33. The van der Waals surface area contributed by atoms with Crippen LogP contribution in [0.25, 0.3) is 0 Å². The zero-order chi connectivity index (χ0) is 15.0. The second-order valence-corrected chi connectivity index (χ2v) is 5.20. The fourth-order valence-electron chi connectivity index (χ4n) is 1.60. The summed E-state index contributed by atoms with van der Waals surface area (Å²) in [4.78, 5) is 11.8. The highest BCUT2D eigenvalue weighted by Gasteiger charge is 2.09. The normalized spacial score (nSPS) is 11.9. The number of rotatable bonds is 8. The van der Waals surface area contributed by atoms with Crippen LogP contribution in [0, 0.1) is 5.92 Å². The van der Waals surface area contributed by atoms with E-state index >= 15 is 0 Å². The lowest BCUT2D eigenvalue weighted by Crippen LogP contribution is -2.34. The fraction of sp³-hybridized carbons (Fsp3) is 0.533. The lowest BCUT2D eigenvalue weighted by molar-refractivity contribution is 0.0259. The number of hydrogen-bond acceptors (Lipinski definition) is 4. The monoisotopic (exact) mass is 316 g/mol. The van der Waals surface area contributed by atoms with Crippen molar-refractivity contribution in [2.24, 2.45) is 11.7 Å². The summed E-state index contributed by atoms with van der Waals surface area (Å²) in [7, 11) is 0. The van der Waals surface area contributed by atoms with Gasteiger partial charge in [0.2, 0.25) is 0 Å². The van der Waals surface area contributed by atoms with E-state index in [1.165, 1.54) is 0 Å². The van der Waals surface area contributed by atoms with E-state index in [-0.39, 0.29) is 31.5 Å². The van der Waals surface area contributed by atoms with Crippen LogP contribution in [0.4, 0.5) is 0 Å². The van der Waals surface area contributed by atoms with Gasteiger partial charge in [0, 0.05) is 25.3 Å². The lowest BCUT2D eigenvalue weighted by Gasteiger charge is -2.13. The molecule has 0 aliphatic carbocycles. The van der Waals surface area contributed by atoms with Crippen molar-refractivity contribution in [3.05, 3.63) is 35.4 Å². The van der Waals surface area contributed by atoms with Crippen molar-refractivity contribution in [3.63, 3.8) is 0 Å². The van der Waals surface area contributed by atoms with Gasteiger partial charge in [-0.3, -0.25) is 4.79 Å². The molecule has 0 bridgehead atoms. The van der Waals surface area contributed by atoms with E-state index in [4.69, 9.17) is 10.5 Å². The first-order valence-corrected chi connectivity index (χ1v) is 6.86. The average molecular weight is 317 g/mol. The minimum absolute atomic E-state index is 0. The molecule has 21 heavy (non-hydrogen) atoms. The number of carbonyl (C=O) groups excluding carboxylic acids is 1. The lowest BCUT2D eigenvalue weighted by atomic mass is 10.1. The number of ether oxygens (including phenoxy) is 1. The molecule has 0 aliphatic rings. The molecule has 1 aromatic rings. The summed E-state index contributed by atoms with van der Waals surface area (Å²) in [6.45, 7) is 5.54. The molecule has 6 heteroatoms. The molecule has 1 unspecified atom stereocenters. The smallest absolute Gasteiger partial charge is 0.251 e. The first-order valence-electron chi connectivity index (χ1n) is 6.86. The second kappa shape index (κ2) is 10.6. The Labute approximate surface area is 132 Å². The summed E-state index contributed by atoms with van der Waals surface area (Å²) in [6, 6.07) is 7.08. The number of halogens is 1. The zero-order valence-corrected chi connectivity index (χ0v) is 13.4. The van der Waals surface area contributed by atoms with Crippen molar-refractivity contribution in [2.75, 3.05) is 19.8 Å². The van der Waals surface area contributed by atoms with E-state index in [1.54, 1.807) is 12.1 Å². The number of nitrogens with two attached hydrogens (primary N) is 1. The van der Waals surface area contributed by atoms with Crippen molar-refractivity contribution in [1.82, 2.24) is 5.32 Å². The molecule has 0 aliphatic heterocycles. The minimum atomic E-state index is -0.694. The SMILES string of the molecule is CC(C)COCC(O)CNC(=O)c1ccc(CN)cc1.Cl. The standard InChI is InChI=1S/C15H24N2O3.ClH/c1-11(2)9-20-10-14(18)8-17-15(19)13-5-3-12(7-16)4-6-13;/h3-6,11,14,18H,7-10,16H2,1-2H3,(H,17,19);1H. The molecule has 5 nitrogen and oxygen atoms in total. The van der Waals surface area contributed by atoms with Gasteiger partial charge in [0.1, 0.15) is 0 Å². The maximum absolute atomic E-state index is 11.8. The van der Waals surface area contributed by atoms with E-state index in [0.29, 0.717) is 24.6 Å². The third-order valence-electron chi connectivity index (χ3n) is 2.71. The number of benzene rings is 1. The molecule has 1 amide bonds. The highest BCUT2D eigenvalue weighted by molar-refractivity contribution is 5.94. The van der Waals surface area contributed by atoms with Crippen LogP contribution in [-0.2, 0) is 11.3 Å². The van der Waals surface area contributed by atoms with Gasteiger partial charge in [0.25, 0.3) is 5.91 Å². The van der Waals surface area contributed by atoms with Crippen LogP contribution in [0.5, 0.6) is 0 Å². The van der Waals surface area contributed by atoms with E-state index in [1.807, 2.05) is 26.0 Å². The topological polar surface area (TPSA) is 84.6 Å². The van der Waals surface area contributed by atoms with E-state index < -0.39 is 6.10 Å². The molecule has 0 heterocycles. The van der Waals surface area contributed by atoms with Gasteiger partial charge in [-0.2, -0.15) is 0 Å². The van der Waals surface area contributed by atoms with Crippen LogP contribution in [0.2, 0.25) is 0 Å². The quantitative estimate of drug-likeness (QED) is 0.675. The van der Waals surface area contributed by atoms with E-state index in [2.05, 4.69) is 5.32 Å². The van der Waals surface area contributed by atoms with Crippen molar-refractivity contribution in [1.29, 1.82) is 0 Å². The molecule has 0 aromatic heterocycles. The highest BCUT2D eigenvalue weighted by atomic mass is 35.5. The Bertz CT molecular complexity index is 410. The third-order valence-corrected chi connectivity index (χ3v) is 2.71. The van der Waals surface area contributed by atoms with E-state index in [9.17, 15) is 9.90 Å². The molecular formula is C15H25ClN2O3. The van der Waals surface area contributed by atoms with Gasteiger partial charge in [-0.25, -0.2) is 0 Å². The largest absolute Gasteiger partial charge is 0.389 e. The Hall–Kier alpha value is -1.14. The molecule has 0 saturated heterocycles. The first-order chi connectivity index (χ1) is 9.52. The van der Waals surface area contributed by atoms with Crippen LogP contribution in [0.15, 0.2) is 24.3 Å². The molecule has 1 atom stereocenters. The molecule has 1 rings (SSSR count). The molecule has 0 spiro atoms. The van der Waals surface area contributed by atoms with Crippen molar-refractivity contribution in [3.8, 4) is 0 Å². The summed E-state index contributed by atoms with van der Waals surface area (Å²) in [5.74, 6) is 0.217. The average Bonchev–Trinajstić information content (AvgIpc) is 2.44. The number of nitrogens with one attached hydrogen (secondary N) is 1. The molecular weight excluding hydrogens is 292 g/mol. The van der Waals surface area contributed by atoms with Gasteiger partial charge in [0.05, 0.1) is 12.7 Å². The molecule has 0 radical (unpaired) electrons. The Morgan fingerprint density at radius 3 is 2.43 bits per heavy atom. The molecule has 1 aromatic carbocycles. The molecule has 4 N–H and O–H groups in total. The Morgan fingerprint density at radius 2 is 1.90 bits per heavy atom. The van der Waals surface area contributed by atoms with Gasteiger partial charge in [-0.05, 0) is 23.6 Å². The van der Waals surface area contributed by atoms with Crippen molar-refractivity contribution >= 4 is 18.3 Å². The number of aliphatic hydroxyl groups is 1. The minimum Gasteiger partial charge on any atom is -0.389 e. The number of hydrogen-bond donors (Lipinski definition) is 3. The van der Waals surface area contributed by atoms with Crippen LogP contribution in [0.3, 0.4) is 0 Å². The van der Waals surface area contributed by atoms with Gasteiger partial charge < -0.3 is 20.9 Å². The van der Waals surface area contributed by atoms with Gasteiger partial charge in [-0.1, -0.05) is 26.0 Å². The summed E-state index contributed by atoms with van der Waals surface area (Å²) in [6.07, 6.45) is -0.694. The summed E-state index contributed by atoms with van der Waals surface area (Å²) < 4.78 is 5.31.